The van der Waals surface area contributed by atoms with Gasteiger partial charge in [0.25, 0.3) is 5.56 Å². The SMILES string of the molecule is O=c1ccccn1[C@@H]1O[C@@]2(CO)CO[C@@H]1[C@@H]2O. The molecule has 0 aromatic carbocycles. The molecular weight excluding hydrogens is 226 g/mol. The molecule has 0 amide bonds. The molecular formula is C11H13NO5. The molecule has 6 heteroatoms. The maximum absolute atomic E-state index is 11.7. The van der Waals surface area contributed by atoms with Crippen LogP contribution in [0.25, 0.3) is 0 Å². The van der Waals surface area contributed by atoms with E-state index in [0.717, 1.165) is 0 Å². The van der Waals surface area contributed by atoms with Crippen molar-refractivity contribution in [2.45, 2.75) is 24.0 Å². The molecule has 17 heavy (non-hydrogen) atoms. The molecule has 2 fully saturated rings. The molecule has 1 aromatic rings. The highest BCUT2D eigenvalue weighted by atomic mass is 16.7. The highest BCUT2D eigenvalue weighted by Gasteiger charge is 2.61. The Bertz CT molecular complexity index is 487. The first-order valence-electron chi connectivity index (χ1n) is 5.43. The number of ether oxygens (including phenoxy) is 2. The van der Waals surface area contributed by atoms with Crippen LogP contribution in [0.3, 0.4) is 0 Å². The second kappa shape index (κ2) is 3.64. The first kappa shape index (κ1) is 10.9. The van der Waals surface area contributed by atoms with Gasteiger partial charge < -0.3 is 19.7 Å². The van der Waals surface area contributed by atoms with Gasteiger partial charge in [-0.25, -0.2) is 0 Å². The molecule has 6 nitrogen and oxygen atoms in total. The summed E-state index contributed by atoms with van der Waals surface area (Å²) in [6.07, 6.45) is -0.624. The van der Waals surface area contributed by atoms with Crippen molar-refractivity contribution >= 4 is 0 Å². The van der Waals surface area contributed by atoms with E-state index in [1.807, 2.05) is 0 Å². The number of aliphatic hydroxyl groups is 2. The molecule has 0 saturated carbocycles. The third-order valence-electron chi connectivity index (χ3n) is 3.40. The Hall–Kier alpha value is -1.21. The highest BCUT2D eigenvalue weighted by molar-refractivity contribution is 5.08. The molecule has 2 bridgehead atoms. The summed E-state index contributed by atoms with van der Waals surface area (Å²) in [5.74, 6) is 0. The molecule has 2 saturated heterocycles. The summed E-state index contributed by atoms with van der Waals surface area (Å²) >= 11 is 0. The minimum absolute atomic E-state index is 0.146. The summed E-state index contributed by atoms with van der Waals surface area (Å²) in [4.78, 5) is 11.7. The van der Waals surface area contributed by atoms with Gasteiger partial charge in [-0.15, -0.1) is 0 Å². The third kappa shape index (κ3) is 1.39. The lowest BCUT2D eigenvalue weighted by molar-refractivity contribution is -0.187. The number of pyridine rings is 1. The van der Waals surface area contributed by atoms with E-state index in [0.29, 0.717) is 0 Å². The number of hydrogen-bond donors (Lipinski definition) is 2. The summed E-state index contributed by atoms with van der Waals surface area (Å²) < 4.78 is 12.4. The molecule has 2 aliphatic rings. The predicted octanol–water partition coefficient (Wildman–Crippen LogP) is -1.13. The lowest BCUT2D eigenvalue weighted by Crippen LogP contribution is -2.44. The number of hydrogen-bond acceptors (Lipinski definition) is 5. The lowest BCUT2D eigenvalue weighted by Gasteiger charge is -2.29. The zero-order chi connectivity index (χ0) is 12.0. The van der Waals surface area contributed by atoms with Gasteiger partial charge in [-0.3, -0.25) is 9.36 Å². The predicted molar refractivity (Wildman–Crippen MR) is 56.4 cm³/mol. The lowest BCUT2D eigenvalue weighted by atomic mass is 10.0. The number of fused-ring (bicyclic) bond motifs is 2. The maximum Gasteiger partial charge on any atom is 0.252 e. The smallest absolute Gasteiger partial charge is 0.252 e. The Morgan fingerprint density at radius 1 is 1.53 bits per heavy atom. The van der Waals surface area contributed by atoms with Gasteiger partial charge in [0.1, 0.15) is 17.8 Å². The summed E-state index contributed by atoms with van der Waals surface area (Å²) in [5, 5.41) is 19.3. The van der Waals surface area contributed by atoms with Crippen LogP contribution < -0.4 is 5.56 Å². The second-order valence-corrected chi connectivity index (χ2v) is 4.40. The minimum atomic E-state index is -1.09. The van der Waals surface area contributed by atoms with E-state index in [1.54, 1.807) is 18.3 Å². The largest absolute Gasteiger partial charge is 0.393 e. The molecule has 2 aliphatic heterocycles. The Morgan fingerprint density at radius 3 is 3.00 bits per heavy atom. The van der Waals surface area contributed by atoms with Gasteiger partial charge in [0.05, 0.1) is 13.2 Å². The van der Waals surface area contributed by atoms with Crippen LogP contribution in [-0.4, -0.2) is 45.8 Å². The maximum atomic E-state index is 11.7. The van der Waals surface area contributed by atoms with E-state index >= 15 is 0 Å². The summed E-state index contributed by atoms with van der Waals surface area (Å²) in [7, 11) is 0. The summed E-state index contributed by atoms with van der Waals surface area (Å²) in [6, 6.07) is 4.74. The fraction of sp³-hybridized carbons (Fsp3) is 0.545. The number of aromatic nitrogens is 1. The molecule has 3 heterocycles. The van der Waals surface area contributed by atoms with E-state index in [2.05, 4.69) is 0 Å². The number of rotatable bonds is 2. The molecule has 0 spiro atoms. The molecule has 0 unspecified atom stereocenters. The van der Waals surface area contributed by atoms with Crippen LogP contribution in [0.15, 0.2) is 29.2 Å². The van der Waals surface area contributed by atoms with E-state index in [4.69, 9.17) is 9.47 Å². The van der Waals surface area contributed by atoms with Crippen LogP contribution in [0.4, 0.5) is 0 Å². The second-order valence-electron chi connectivity index (χ2n) is 4.40. The van der Waals surface area contributed by atoms with Crippen molar-refractivity contribution in [1.29, 1.82) is 0 Å². The summed E-state index contributed by atoms with van der Waals surface area (Å²) in [5.41, 5.74) is -1.32. The average molecular weight is 239 g/mol. The van der Waals surface area contributed by atoms with Crippen molar-refractivity contribution in [2.24, 2.45) is 0 Å². The van der Waals surface area contributed by atoms with Crippen molar-refractivity contribution < 1.29 is 19.7 Å². The zero-order valence-corrected chi connectivity index (χ0v) is 9.02. The van der Waals surface area contributed by atoms with Crippen LogP contribution in [0.1, 0.15) is 6.23 Å². The summed E-state index contributed by atoms with van der Waals surface area (Å²) in [6.45, 7) is -0.184. The quantitative estimate of drug-likeness (QED) is 0.682. The normalized spacial score (nSPS) is 39.8. The third-order valence-corrected chi connectivity index (χ3v) is 3.40. The molecule has 3 rings (SSSR count). The molecule has 92 valence electrons. The van der Waals surface area contributed by atoms with Crippen molar-refractivity contribution in [3.8, 4) is 0 Å². The van der Waals surface area contributed by atoms with Crippen LogP contribution in [-0.2, 0) is 9.47 Å². The zero-order valence-electron chi connectivity index (χ0n) is 9.02. The van der Waals surface area contributed by atoms with E-state index < -0.39 is 24.0 Å². The monoisotopic (exact) mass is 239 g/mol. The Balaban J connectivity index is 1.99. The van der Waals surface area contributed by atoms with Gasteiger partial charge >= 0.3 is 0 Å². The Labute approximate surface area is 97.0 Å². The fourth-order valence-corrected chi connectivity index (χ4v) is 2.40. The molecule has 0 radical (unpaired) electrons. The van der Waals surface area contributed by atoms with Crippen LogP contribution in [0, 0.1) is 0 Å². The molecule has 0 aliphatic carbocycles. The number of aliphatic hydroxyl groups excluding tert-OH is 2. The van der Waals surface area contributed by atoms with Crippen molar-refractivity contribution in [3.05, 3.63) is 34.7 Å². The van der Waals surface area contributed by atoms with Gasteiger partial charge in [-0.2, -0.15) is 0 Å². The van der Waals surface area contributed by atoms with Gasteiger partial charge in [-0.1, -0.05) is 6.07 Å². The topological polar surface area (TPSA) is 80.9 Å². The van der Waals surface area contributed by atoms with Crippen LogP contribution in [0.5, 0.6) is 0 Å². The van der Waals surface area contributed by atoms with Crippen molar-refractivity contribution in [2.75, 3.05) is 13.2 Å². The van der Waals surface area contributed by atoms with E-state index in [-0.39, 0.29) is 18.8 Å². The highest BCUT2D eigenvalue weighted by Crippen LogP contribution is 2.44. The Kier molecular flexibility index (Phi) is 2.34. The molecule has 1 aromatic heterocycles. The van der Waals surface area contributed by atoms with Gasteiger partial charge in [0, 0.05) is 12.3 Å². The number of nitrogens with zero attached hydrogens (tertiary/aromatic N) is 1. The van der Waals surface area contributed by atoms with Gasteiger partial charge in [0.15, 0.2) is 6.23 Å². The fourth-order valence-electron chi connectivity index (χ4n) is 2.40. The van der Waals surface area contributed by atoms with Gasteiger partial charge in [-0.05, 0) is 6.07 Å². The first-order valence-corrected chi connectivity index (χ1v) is 5.43. The van der Waals surface area contributed by atoms with Crippen LogP contribution in [0.2, 0.25) is 0 Å². The van der Waals surface area contributed by atoms with E-state index in [9.17, 15) is 15.0 Å². The van der Waals surface area contributed by atoms with Crippen molar-refractivity contribution in [3.63, 3.8) is 0 Å². The van der Waals surface area contributed by atoms with Crippen LogP contribution >= 0.6 is 0 Å². The first-order chi connectivity index (χ1) is 8.18. The molecule has 2 N–H and O–H groups in total. The standard InChI is InChI=1S/C11H13NO5/c13-5-11-6-16-8(9(11)15)10(17-11)12-4-2-1-3-7(12)14/h1-4,8-10,13,15H,5-6H2/t8-,9+,10-,11+/m1/s1. The van der Waals surface area contributed by atoms with Crippen molar-refractivity contribution in [1.82, 2.24) is 4.57 Å². The Morgan fingerprint density at radius 2 is 2.35 bits per heavy atom. The van der Waals surface area contributed by atoms with E-state index in [1.165, 1.54) is 10.6 Å². The average Bonchev–Trinajstić information content (AvgIpc) is 2.81. The minimum Gasteiger partial charge on any atom is -0.393 e. The van der Waals surface area contributed by atoms with Gasteiger partial charge in [0.2, 0.25) is 0 Å². The molecule has 4 atom stereocenters.